The van der Waals surface area contributed by atoms with E-state index < -0.39 is 0 Å². The lowest BCUT2D eigenvalue weighted by molar-refractivity contribution is 0.313. The minimum atomic E-state index is -0.118. The van der Waals surface area contributed by atoms with Crippen LogP contribution in [0.1, 0.15) is 32.4 Å². The predicted molar refractivity (Wildman–Crippen MR) is 61.0 cm³/mol. The first kappa shape index (κ1) is 11.9. The van der Waals surface area contributed by atoms with E-state index in [4.69, 9.17) is 10.5 Å². The van der Waals surface area contributed by atoms with Gasteiger partial charge in [0.05, 0.1) is 7.11 Å². The van der Waals surface area contributed by atoms with Gasteiger partial charge in [-0.3, -0.25) is 0 Å². The van der Waals surface area contributed by atoms with E-state index in [1.54, 1.807) is 19.2 Å². The fraction of sp³-hybridized carbons (Fsp3) is 0.500. The van der Waals surface area contributed by atoms with Gasteiger partial charge in [-0.05, 0) is 11.5 Å². The van der Waals surface area contributed by atoms with Gasteiger partial charge in [-0.1, -0.05) is 26.8 Å². The van der Waals surface area contributed by atoms with Gasteiger partial charge in [-0.2, -0.15) is 0 Å². The molecule has 0 aliphatic rings. The fourth-order valence-corrected chi connectivity index (χ4v) is 1.42. The number of methoxy groups -OCH3 is 1. The van der Waals surface area contributed by atoms with Crippen LogP contribution in [-0.2, 0) is 0 Å². The minimum absolute atomic E-state index is 0.0374. The van der Waals surface area contributed by atoms with Crippen LogP contribution >= 0.6 is 0 Å². The molecular weight excluding hydrogens is 190 g/mol. The minimum Gasteiger partial charge on any atom is -0.508 e. The van der Waals surface area contributed by atoms with Crippen LogP contribution in [0.4, 0.5) is 0 Å². The van der Waals surface area contributed by atoms with Crippen molar-refractivity contribution in [3.8, 4) is 11.5 Å². The predicted octanol–water partition coefficient (Wildman–Crippen LogP) is 2.45. The van der Waals surface area contributed by atoms with Crippen LogP contribution < -0.4 is 10.5 Å². The second-order valence-corrected chi connectivity index (χ2v) is 4.77. The molecule has 0 heterocycles. The van der Waals surface area contributed by atoms with E-state index in [0.29, 0.717) is 5.75 Å². The summed E-state index contributed by atoms with van der Waals surface area (Å²) in [6.07, 6.45) is 0. The van der Waals surface area contributed by atoms with Gasteiger partial charge in [0.1, 0.15) is 11.5 Å². The zero-order valence-electron chi connectivity index (χ0n) is 9.74. The molecule has 1 aromatic carbocycles. The van der Waals surface area contributed by atoms with Crippen molar-refractivity contribution in [2.75, 3.05) is 7.11 Å². The van der Waals surface area contributed by atoms with Crippen LogP contribution in [0.15, 0.2) is 18.2 Å². The lowest BCUT2D eigenvalue weighted by Gasteiger charge is -2.28. The Morgan fingerprint density at radius 3 is 2.40 bits per heavy atom. The first-order chi connectivity index (χ1) is 6.86. The number of phenolic OH excluding ortho intramolecular Hbond substituents is 1. The van der Waals surface area contributed by atoms with Crippen LogP contribution in [0.3, 0.4) is 0 Å². The molecule has 0 spiro atoms. The number of hydrogen-bond donors (Lipinski definition) is 2. The molecule has 1 aromatic rings. The average molecular weight is 209 g/mol. The Morgan fingerprint density at radius 2 is 1.93 bits per heavy atom. The lowest BCUT2D eigenvalue weighted by Crippen LogP contribution is -2.26. The van der Waals surface area contributed by atoms with Crippen LogP contribution in [0.5, 0.6) is 11.5 Å². The highest BCUT2D eigenvalue weighted by atomic mass is 16.5. The molecule has 3 nitrogen and oxygen atoms in total. The number of nitrogens with two attached hydrogens (primary N) is 1. The topological polar surface area (TPSA) is 55.5 Å². The lowest BCUT2D eigenvalue weighted by atomic mass is 9.83. The number of benzene rings is 1. The van der Waals surface area contributed by atoms with Gasteiger partial charge in [0.15, 0.2) is 0 Å². The van der Waals surface area contributed by atoms with Crippen molar-refractivity contribution in [1.82, 2.24) is 0 Å². The quantitative estimate of drug-likeness (QED) is 0.786. The largest absolute Gasteiger partial charge is 0.508 e. The molecule has 1 rings (SSSR count). The molecule has 0 bridgehead atoms. The van der Waals surface area contributed by atoms with Crippen LogP contribution in [0.25, 0.3) is 0 Å². The van der Waals surface area contributed by atoms with Crippen molar-refractivity contribution in [3.63, 3.8) is 0 Å². The molecule has 1 atom stereocenters. The summed E-state index contributed by atoms with van der Waals surface area (Å²) in [6.45, 7) is 6.22. The molecule has 84 valence electrons. The van der Waals surface area contributed by atoms with E-state index in [0.717, 1.165) is 5.56 Å². The number of aromatic hydroxyl groups is 1. The summed E-state index contributed by atoms with van der Waals surface area (Å²) >= 11 is 0. The fourth-order valence-electron chi connectivity index (χ4n) is 1.42. The Labute approximate surface area is 90.9 Å². The Kier molecular flexibility index (Phi) is 3.25. The second-order valence-electron chi connectivity index (χ2n) is 4.77. The smallest absolute Gasteiger partial charge is 0.127 e. The van der Waals surface area contributed by atoms with Gasteiger partial charge in [0, 0.05) is 17.7 Å². The van der Waals surface area contributed by atoms with Crippen molar-refractivity contribution in [3.05, 3.63) is 23.8 Å². The number of phenols is 1. The van der Waals surface area contributed by atoms with E-state index in [9.17, 15) is 5.11 Å². The molecule has 15 heavy (non-hydrogen) atoms. The van der Waals surface area contributed by atoms with E-state index in [1.165, 1.54) is 0 Å². The standard InChI is InChI=1S/C12H19NO2/c1-12(2,3)11(13)9-6-5-8(14)7-10(9)15-4/h5-7,11,14H,13H2,1-4H3/t11-/m1/s1. The third-order valence-corrected chi connectivity index (χ3v) is 2.49. The van der Waals surface area contributed by atoms with Gasteiger partial charge in [0.2, 0.25) is 0 Å². The van der Waals surface area contributed by atoms with Gasteiger partial charge in [-0.25, -0.2) is 0 Å². The second kappa shape index (κ2) is 4.11. The van der Waals surface area contributed by atoms with Crippen molar-refractivity contribution < 1.29 is 9.84 Å². The van der Waals surface area contributed by atoms with Gasteiger partial charge in [0.25, 0.3) is 0 Å². The summed E-state index contributed by atoms with van der Waals surface area (Å²) in [5.41, 5.74) is 7.02. The summed E-state index contributed by atoms with van der Waals surface area (Å²) in [5.74, 6) is 0.828. The molecule has 0 saturated heterocycles. The van der Waals surface area contributed by atoms with Crippen molar-refractivity contribution in [2.45, 2.75) is 26.8 Å². The Morgan fingerprint density at radius 1 is 1.33 bits per heavy atom. The highest BCUT2D eigenvalue weighted by Gasteiger charge is 2.25. The molecule has 0 fully saturated rings. The van der Waals surface area contributed by atoms with Crippen molar-refractivity contribution in [2.24, 2.45) is 11.1 Å². The van der Waals surface area contributed by atoms with Gasteiger partial charge >= 0.3 is 0 Å². The molecule has 3 heteroatoms. The average Bonchev–Trinajstić information content (AvgIpc) is 2.15. The normalized spacial score (nSPS) is 13.7. The van der Waals surface area contributed by atoms with Crippen LogP contribution in [0.2, 0.25) is 0 Å². The summed E-state index contributed by atoms with van der Waals surface area (Å²) in [6, 6.07) is 4.90. The third kappa shape index (κ3) is 2.63. The number of rotatable bonds is 2. The number of hydrogen-bond acceptors (Lipinski definition) is 3. The molecule has 3 N–H and O–H groups in total. The Hall–Kier alpha value is -1.22. The van der Waals surface area contributed by atoms with E-state index >= 15 is 0 Å². The van der Waals surface area contributed by atoms with Gasteiger partial charge in [-0.15, -0.1) is 0 Å². The highest BCUT2D eigenvalue weighted by molar-refractivity contribution is 5.42. The summed E-state index contributed by atoms with van der Waals surface area (Å²) in [4.78, 5) is 0. The third-order valence-electron chi connectivity index (χ3n) is 2.49. The Bertz CT molecular complexity index is 342. The molecule has 0 aromatic heterocycles. The van der Waals surface area contributed by atoms with Crippen LogP contribution in [-0.4, -0.2) is 12.2 Å². The summed E-state index contributed by atoms with van der Waals surface area (Å²) in [7, 11) is 1.58. The maximum Gasteiger partial charge on any atom is 0.127 e. The zero-order valence-corrected chi connectivity index (χ0v) is 9.74. The van der Waals surface area contributed by atoms with Crippen molar-refractivity contribution in [1.29, 1.82) is 0 Å². The SMILES string of the molecule is COc1cc(O)ccc1[C@@H](N)C(C)(C)C. The molecule has 0 unspecified atom stereocenters. The van der Waals surface area contributed by atoms with Crippen molar-refractivity contribution >= 4 is 0 Å². The zero-order chi connectivity index (χ0) is 11.6. The first-order valence-corrected chi connectivity index (χ1v) is 4.98. The maximum absolute atomic E-state index is 9.33. The molecule has 0 radical (unpaired) electrons. The maximum atomic E-state index is 9.33. The number of ether oxygens (including phenoxy) is 1. The van der Waals surface area contributed by atoms with E-state index in [2.05, 4.69) is 20.8 Å². The highest BCUT2D eigenvalue weighted by Crippen LogP contribution is 2.36. The molecule has 0 aliphatic carbocycles. The Balaban J connectivity index is 3.14. The molecule has 0 amide bonds. The molecule has 0 aliphatic heterocycles. The first-order valence-electron chi connectivity index (χ1n) is 4.98. The van der Waals surface area contributed by atoms with Crippen LogP contribution in [0, 0.1) is 5.41 Å². The monoisotopic (exact) mass is 209 g/mol. The van der Waals surface area contributed by atoms with Gasteiger partial charge < -0.3 is 15.6 Å². The van der Waals surface area contributed by atoms with E-state index in [1.807, 2.05) is 6.07 Å². The summed E-state index contributed by atoms with van der Waals surface area (Å²) in [5, 5.41) is 9.33. The molecule has 0 saturated carbocycles. The summed E-state index contributed by atoms with van der Waals surface area (Å²) < 4.78 is 5.20. The van der Waals surface area contributed by atoms with E-state index in [-0.39, 0.29) is 17.2 Å². The molecular formula is C12H19NO2.